The topological polar surface area (TPSA) is 90.9 Å². The summed E-state index contributed by atoms with van der Waals surface area (Å²) in [5.74, 6) is -0.761. The maximum atomic E-state index is 11.8. The lowest BCUT2D eigenvalue weighted by Crippen LogP contribution is -2.55. The second-order valence-corrected chi connectivity index (χ2v) is 5.10. The van der Waals surface area contributed by atoms with E-state index >= 15 is 0 Å². The van der Waals surface area contributed by atoms with E-state index in [1.54, 1.807) is 0 Å². The van der Waals surface area contributed by atoms with Gasteiger partial charge in [0.15, 0.2) is 6.04 Å². The number of nitrogens with zero attached hydrogens (tertiary/aromatic N) is 1. The molecule has 7 nitrogen and oxygen atoms in total. The second kappa shape index (κ2) is 7.30. The number of ether oxygens (including phenoxy) is 1. The number of carboxylic acids is 1. The number of carboxylic acid groups (broad SMARTS) is 1. The average Bonchev–Trinajstić information content (AvgIpc) is 2.32. The number of aliphatic carboxylic acids is 1. The Morgan fingerprint density at radius 2 is 2.21 bits per heavy atom. The molecule has 7 heteroatoms. The molecule has 1 heterocycles. The number of rotatable bonds is 5. The highest BCUT2D eigenvalue weighted by atomic mass is 16.5. The van der Waals surface area contributed by atoms with Gasteiger partial charge in [-0.15, -0.1) is 0 Å². The van der Waals surface area contributed by atoms with Gasteiger partial charge in [0, 0.05) is 19.7 Å². The van der Waals surface area contributed by atoms with Crippen LogP contribution in [0.4, 0.5) is 4.79 Å². The Labute approximate surface area is 113 Å². The van der Waals surface area contributed by atoms with Gasteiger partial charge < -0.3 is 25.4 Å². The molecule has 0 radical (unpaired) electrons. The highest BCUT2D eigenvalue weighted by Gasteiger charge is 2.27. The Kier molecular flexibility index (Phi) is 6.04. The van der Waals surface area contributed by atoms with Crippen molar-refractivity contribution >= 4 is 12.0 Å². The molecular weight excluding hydrogens is 250 g/mol. The number of urea groups is 1. The number of amides is 2. The molecule has 1 saturated heterocycles. The predicted molar refractivity (Wildman–Crippen MR) is 70.0 cm³/mol. The number of likely N-dealkylation sites (tertiary alicyclic amines) is 1. The summed E-state index contributed by atoms with van der Waals surface area (Å²) in [6.07, 6.45) is 0.868. The van der Waals surface area contributed by atoms with Crippen molar-refractivity contribution < 1.29 is 19.4 Å². The Morgan fingerprint density at radius 3 is 2.74 bits per heavy atom. The molecular formula is C12H23N3O4. The second-order valence-electron chi connectivity index (χ2n) is 5.10. The van der Waals surface area contributed by atoms with Gasteiger partial charge in [0.25, 0.3) is 0 Å². The molecule has 0 saturated carbocycles. The van der Waals surface area contributed by atoms with Crippen LogP contribution >= 0.6 is 0 Å². The molecule has 3 N–H and O–H groups in total. The fourth-order valence-electron chi connectivity index (χ4n) is 2.28. The number of carbonyl (C=O) groups is 2. The van der Waals surface area contributed by atoms with E-state index in [4.69, 9.17) is 9.84 Å². The molecule has 19 heavy (non-hydrogen) atoms. The van der Waals surface area contributed by atoms with Crippen molar-refractivity contribution in [2.75, 3.05) is 33.9 Å². The van der Waals surface area contributed by atoms with E-state index in [-0.39, 0.29) is 12.6 Å². The molecule has 1 rings (SSSR count). The third kappa shape index (κ3) is 5.04. The fraction of sp³-hybridized carbons (Fsp3) is 0.833. The maximum Gasteiger partial charge on any atom is 0.328 e. The zero-order valence-electron chi connectivity index (χ0n) is 11.7. The van der Waals surface area contributed by atoms with Crippen LogP contribution in [0.15, 0.2) is 0 Å². The highest BCUT2D eigenvalue weighted by molar-refractivity contribution is 5.82. The van der Waals surface area contributed by atoms with Crippen molar-refractivity contribution in [3.8, 4) is 0 Å². The van der Waals surface area contributed by atoms with Crippen LogP contribution in [0.25, 0.3) is 0 Å². The van der Waals surface area contributed by atoms with Crippen LogP contribution in [-0.2, 0) is 9.53 Å². The van der Waals surface area contributed by atoms with Crippen LogP contribution < -0.4 is 10.6 Å². The molecule has 0 aliphatic carbocycles. The highest BCUT2D eigenvalue weighted by Crippen LogP contribution is 2.15. The predicted octanol–water partition coefficient (Wildman–Crippen LogP) is -0.275. The Bertz CT molecular complexity index is 324. The molecule has 1 aliphatic heterocycles. The Hall–Kier alpha value is -1.34. The van der Waals surface area contributed by atoms with E-state index in [1.165, 1.54) is 7.11 Å². The molecule has 2 amide bonds. The molecule has 1 aliphatic rings. The summed E-state index contributed by atoms with van der Waals surface area (Å²) in [7, 11) is 3.44. The van der Waals surface area contributed by atoms with Gasteiger partial charge in [0.05, 0.1) is 6.61 Å². The summed E-state index contributed by atoms with van der Waals surface area (Å²) >= 11 is 0. The van der Waals surface area contributed by atoms with E-state index in [0.29, 0.717) is 5.92 Å². The quantitative estimate of drug-likeness (QED) is 0.641. The average molecular weight is 273 g/mol. The number of carbonyl (C=O) groups excluding carboxylic acids is 1. The summed E-state index contributed by atoms with van der Waals surface area (Å²) in [5, 5.41) is 14.2. The van der Waals surface area contributed by atoms with Crippen molar-refractivity contribution in [1.29, 1.82) is 0 Å². The summed E-state index contributed by atoms with van der Waals surface area (Å²) < 4.78 is 4.76. The van der Waals surface area contributed by atoms with Gasteiger partial charge in [-0.05, 0) is 25.9 Å². The molecule has 3 atom stereocenters. The van der Waals surface area contributed by atoms with Crippen LogP contribution in [-0.4, -0.2) is 67.9 Å². The Morgan fingerprint density at radius 1 is 1.53 bits per heavy atom. The lowest BCUT2D eigenvalue weighted by molar-refractivity contribution is -0.140. The summed E-state index contributed by atoms with van der Waals surface area (Å²) in [6.45, 7) is 3.87. The first kappa shape index (κ1) is 15.7. The number of hydrogen-bond acceptors (Lipinski definition) is 4. The minimum atomic E-state index is -1.10. The third-order valence-corrected chi connectivity index (χ3v) is 3.36. The van der Waals surface area contributed by atoms with Gasteiger partial charge in [-0.2, -0.15) is 0 Å². The molecule has 0 aromatic heterocycles. The van der Waals surface area contributed by atoms with E-state index in [0.717, 1.165) is 19.5 Å². The first-order valence-corrected chi connectivity index (χ1v) is 6.41. The molecule has 0 aromatic rings. The lowest BCUT2D eigenvalue weighted by atomic mass is 9.94. The van der Waals surface area contributed by atoms with E-state index in [1.807, 2.05) is 7.05 Å². The van der Waals surface area contributed by atoms with E-state index in [9.17, 15) is 9.59 Å². The van der Waals surface area contributed by atoms with Gasteiger partial charge in [-0.3, -0.25) is 0 Å². The number of hydrogen-bond donors (Lipinski definition) is 3. The smallest absolute Gasteiger partial charge is 0.328 e. The zero-order chi connectivity index (χ0) is 14.4. The number of nitrogens with one attached hydrogen (secondary N) is 2. The first-order chi connectivity index (χ1) is 8.93. The fourth-order valence-corrected chi connectivity index (χ4v) is 2.28. The lowest BCUT2D eigenvalue weighted by Gasteiger charge is -2.35. The van der Waals surface area contributed by atoms with Gasteiger partial charge >= 0.3 is 12.0 Å². The monoisotopic (exact) mass is 273 g/mol. The molecule has 110 valence electrons. The van der Waals surface area contributed by atoms with Crippen LogP contribution in [0.3, 0.4) is 0 Å². The Balaban J connectivity index is 2.43. The molecule has 3 unspecified atom stereocenters. The molecule has 0 bridgehead atoms. The van der Waals surface area contributed by atoms with Gasteiger partial charge in [0.2, 0.25) is 0 Å². The van der Waals surface area contributed by atoms with Gasteiger partial charge in [-0.25, -0.2) is 9.59 Å². The van der Waals surface area contributed by atoms with Gasteiger partial charge in [-0.1, -0.05) is 6.92 Å². The van der Waals surface area contributed by atoms with Crippen LogP contribution in [0.1, 0.15) is 13.3 Å². The van der Waals surface area contributed by atoms with E-state index in [2.05, 4.69) is 22.5 Å². The SMILES string of the molecule is COCC(NC(=O)NC1CCN(C)CC1C)C(=O)O. The molecule has 1 fully saturated rings. The number of piperidine rings is 1. The minimum absolute atomic E-state index is 0.0499. The van der Waals surface area contributed by atoms with Crippen molar-refractivity contribution in [2.24, 2.45) is 5.92 Å². The molecule has 0 aromatic carbocycles. The van der Waals surface area contributed by atoms with Crippen molar-refractivity contribution in [3.05, 3.63) is 0 Å². The van der Waals surface area contributed by atoms with Crippen molar-refractivity contribution in [3.63, 3.8) is 0 Å². The summed E-state index contributed by atoms with van der Waals surface area (Å²) in [4.78, 5) is 24.9. The first-order valence-electron chi connectivity index (χ1n) is 6.41. The maximum absolute atomic E-state index is 11.8. The van der Waals surface area contributed by atoms with Crippen LogP contribution in [0, 0.1) is 5.92 Å². The van der Waals surface area contributed by atoms with Crippen molar-refractivity contribution in [2.45, 2.75) is 25.4 Å². The van der Waals surface area contributed by atoms with E-state index < -0.39 is 18.0 Å². The van der Waals surface area contributed by atoms with Crippen LogP contribution in [0.5, 0.6) is 0 Å². The normalized spacial score (nSPS) is 25.6. The van der Waals surface area contributed by atoms with Crippen molar-refractivity contribution in [1.82, 2.24) is 15.5 Å². The standard InChI is InChI=1S/C12H23N3O4/c1-8-6-15(2)5-4-9(8)13-12(18)14-10(7-19-3)11(16)17/h8-10H,4-7H2,1-3H3,(H,16,17)(H2,13,14,18). The third-order valence-electron chi connectivity index (χ3n) is 3.36. The minimum Gasteiger partial charge on any atom is -0.480 e. The van der Waals surface area contributed by atoms with Gasteiger partial charge in [0.1, 0.15) is 0 Å². The largest absolute Gasteiger partial charge is 0.480 e. The molecule has 0 spiro atoms. The number of methoxy groups -OCH3 is 1. The summed E-state index contributed by atoms with van der Waals surface area (Å²) in [5.41, 5.74) is 0. The summed E-state index contributed by atoms with van der Waals surface area (Å²) in [6, 6.07) is -1.40. The van der Waals surface area contributed by atoms with Crippen LogP contribution in [0.2, 0.25) is 0 Å². The zero-order valence-corrected chi connectivity index (χ0v) is 11.7.